The summed E-state index contributed by atoms with van der Waals surface area (Å²) in [6.07, 6.45) is 0.252. The van der Waals surface area contributed by atoms with Gasteiger partial charge in [-0.2, -0.15) is 4.37 Å². The fourth-order valence-electron chi connectivity index (χ4n) is 2.59. The molecule has 1 aliphatic heterocycles. The van der Waals surface area contributed by atoms with E-state index in [1.165, 1.54) is 11.5 Å². The van der Waals surface area contributed by atoms with Crippen LogP contribution in [0.25, 0.3) is 0 Å². The summed E-state index contributed by atoms with van der Waals surface area (Å²) in [6, 6.07) is 3.74. The second-order valence-corrected chi connectivity index (χ2v) is 6.69. The lowest BCUT2D eigenvalue weighted by molar-refractivity contribution is -0.127. The van der Waals surface area contributed by atoms with Gasteiger partial charge in [-0.3, -0.25) is 9.59 Å². The zero-order valence-electron chi connectivity index (χ0n) is 11.7. The zero-order valence-corrected chi connectivity index (χ0v) is 13.3. The molecule has 1 saturated heterocycles. The molecular weight excluding hydrogens is 306 g/mol. The summed E-state index contributed by atoms with van der Waals surface area (Å²) >= 11 is 2.88. The molecule has 0 saturated carbocycles. The maximum atomic E-state index is 12.6. The van der Waals surface area contributed by atoms with Crippen LogP contribution in [0.2, 0.25) is 0 Å². The van der Waals surface area contributed by atoms with Crippen LogP contribution in [-0.2, 0) is 9.59 Å². The Hall–Kier alpha value is -1.73. The van der Waals surface area contributed by atoms with E-state index in [0.717, 1.165) is 16.3 Å². The number of anilines is 1. The second-order valence-electron chi connectivity index (χ2n) is 5.08. The van der Waals surface area contributed by atoms with E-state index in [0.29, 0.717) is 0 Å². The third-order valence-electron chi connectivity index (χ3n) is 3.77. The van der Waals surface area contributed by atoms with Crippen LogP contribution in [0.1, 0.15) is 23.0 Å². The maximum Gasteiger partial charge on any atom is 0.230 e. The lowest BCUT2D eigenvalue weighted by Gasteiger charge is -2.23. The molecule has 2 amide bonds. The van der Waals surface area contributed by atoms with Gasteiger partial charge in [-0.15, -0.1) is 11.3 Å². The first-order valence-corrected chi connectivity index (χ1v) is 8.30. The molecule has 2 aromatic heterocycles. The second kappa shape index (κ2) is 5.57. The molecule has 5 nitrogen and oxygen atoms in total. The van der Waals surface area contributed by atoms with Gasteiger partial charge in [0.25, 0.3) is 0 Å². The number of aryl methyl sites for hydroxylation is 1. The van der Waals surface area contributed by atoms with Crippen LogP contribution in [0.4, 0.5) is 5.69 Å². The highest BCUT2D eigenvalue weighted by Crippen LogP contribution is 2.39. The molecule has 2 aromatic rings. The fraction of sp³-hybridized carbons (Fsp3) is 0.357. The first kappa shape index (κ1) is 14.2. The van der Waals surface area contributed by atoms with Crippen molar-refractivity contribution in [2.75, 3.05) is 12.4 Å². The van der Waals surface area contributed by atoms with Gasteiger partial charge in [-0.1, -0.05) is 6.07 Å². The Morgan fingerprint density at radius 2 is 2.33 bits per heavy atom. The largest absolute Gasteiger partial charge is 0.337 e. The van der Waals surface area contributed by atoms with Crippen molar-refractivity contribution in [1.82, 2.24) is 9.27 Å². The van der Waals surface area contributed by atoms with Crippen LogP contribution in [-0.4, -0.2) is 28.1 Å². The Morgan fingerprint density at radius 3 is 2.95 bits per heavy atom. The summed E-state index contributed by atoms with van der Waals surface area (Å²) in [7, 11) is 1.76. The molecule has 0 aliphatic carbocycles. The molecule has 21 heavy (non-hydrogen) atoms. The highest BCUT2D eigenvalue weighted by Gasteiger charge is 2.43. The number of carbonyl (C=O) groups is 2. The Bertz CT molecular complexity index is 666. The predicted molar refractivity (Wildman–Crippen MR) is 83.4 cm³/mol. The van der Waals surface area contributed by atoms with E-state index >= 15 is 0 Å². The normalized spacial score (nSPS) is 21.8. The SMILES string of the molecule is Cc1nscc1NC(=O)C1CC(=O)N(C)C1c1cccs1. The van der Waals surface area contributed by atoms with Gasteiger partial charge >= 0.3 is 0 Å². The quantitative estimate of drug-likeness (QED) is 0.945. The monoisotopic (exact) mass is 321 g/mol. The number of hydrogen-bond donors (Lipinski definition) is 1. The summed E-state index contributed by atoms with van der Waals surface area (Å²) in [5.74, 6) is -0.469. The molecule has 0 radical (unpaired) electrons. The predicted octanol–water partition coefficient (Wildman–Crippen LogP) is 2.67. The first-order chi connectivity index (χ1) is 10.1. The smallest absolute Gasteiger partial charge is 0.230 e. The van der Waals surface area contributed by atoms with E-state index in [9.17, 15) is 9.59 Å². The van der Waals surface area contributed by atoms with Crippen molar-refractivity contribution >= 4 is 40.4 Å². The third kappa shape index (κ3) is 2.58. The number of nitrogens with zero attached hydrogens (tertiary/aromatic N) is 2. The minimum Gasteiger partial charge on any atom is -0.337 e. The van der Waals surface area contributed by atoms with Crippen LogP contribution in [0.5, 0.6) is 0 Å². The topological polar surface area (TPSA) is 62.3 Å². The number of thiophene rings is 1. The minimum absolute atomic E-state index is 0.00807. The van der Waals surface area contributed by atoms with E-state index in [-0.39, 0.29) is 30.2 Å². The molecule has 1 fully saturated rings. The molecule has 2 unspecified atom stereocenters. The van der Waals surface area contributed by atoms with Crippen molar-refractivity contribution in [3.05, 3.63) is 33.5 Å². The van der Waals surface area contributed by atoms with Gasteiger partial charge in [-0.05, 0) is 29.9 Å². The average molecular weight is 321 g/mol. The Labute approximate surface area is 130 Å². The van der Waals surface area contributed by atoms with Crippen molar-refractivity contribution in [3.63, 3.8) is 0 Å². The van der Waals surface area contributed by atoms with Crippen molar-refractivity contribution in [2.24, 2.45) is 5.92 Å². The van der Waals surface area contributed by atoms with E-state index < -0.39 is 0 Å². The standard InChI is InChI=1S/C14H15N3O2S2/c1-8-10(7-21-16-8)15-14(19)9-6-12(18)17(2)13(9)11-4-3-5-20-11/h3-5,7,9,13H,6H2,1-2H3,(H,15,19). The lowest BCUT2D eigenvalue weighted by atomic mass is 9.98. The van der Waals surface area contributed by atoms with Crippen molar-refractivity contribution in [3.8, 4) is 0 Å². The minimum atomic E-state index is -0.361. The van der Waals surface area contributed by atoms with Gasteiger partial charge < -0.3 is 10.2 Å². The number of nitrogens with one attached hydrogen (secondary N) is 1. The van der Waals surface area contributed by atoms with E-state index in [1.54, 1.807) is 23.3 Å². The fourth-order valence-corrected chi connectivity index (χ4v) is 4.17. The number of aromatic nitrogens is 1. The Kier molecular flexibility index (Phi) is 3.77. The van der Waals surface area contributed by atoms with E-state index in [4.69, 9.17) is 0 Å². The van der Waals surface area contributed by atoms with Crippen LogP contribution in [0.3, 0.4) is 0 Å². The molecule has 3 heterocycles. The highest BCUT2D eigenvalue weighted by molar-refractivity contribution is 7.10. The van der Waals surface area contributed by atoms with Crippen molar-refractivity contribution in [2.45, 2.75) is 19.4 Å². The Balaban J connectivity index is 1.84. The highest BCUT2D eigenvalue weighted by atomic mass is 32.1. The molecule has 0 spiro atoms. The summed E-state index contributed by atoms with van der Waals surface area (Å²) < 4.78 is 4.15. The number of hydrogen-bond acceptors (Lipinski definition) is 5. The zero-order chi connectivity index (χ0) is 15.0. The molecule has 0 bridgehead atoms. The van der Waals surface area contributed by atoms with E-state index in [1.807, 2.05) is 29.8 Å². The van der Waals surface area contributed by atoms with Crippen molar-refractivity contribution in [1.29, 1.82) is 0 Å². The molecular formula is C14H15N3O2S2. The van der Waals surface area contributed by atoms with Gasteiger partial charge in [0.1, 0.15) is 0 Å². The maximum absolute atomic E-state index is 12.6. The van der Waals surface area contributed by atoms with Gasteiger partial charge in [0.15, 0.2) is 0 Å². The molecule has 1 N–H and O–H groups in total. The molecule has 7 heteroatoms. The Morgan fingerprint density at radius 1 is 1.52 bits per heavy atom. The van der Waals surface area contributed by atoms with Crippen molar-refractivity contribution < 1.29 is 9.59 Å². The van der Waals surface area contributed by atoms with E-state index in [2.05, 4.69) is 9.69 Å². The number of carbonyl (C=O) groups excluding carboxylic acids is 2. The van der Waals surface area contributed by atoms with Gasteiger partial charge in [0.2, 0.25) is 11.8 Å². The third-order valence-corrected chi connectivity index (χ3v) is 5.43. The molecule has 2 atom stereocenters. The summed E-state index contributed by atoms with van der Waals surface area (Å²) in [4.78, 5) is 27.3. The molecule has 0 aromatic carbocycles. The van der Waals surface area contributed by atoms with Crippen LogP contribution in [0.15, 0.2) is 22.9 Å². The van der Waals surface area contributed by atoms with Gasteiger partial charge in [-0.25, -0.2) is 0 Å². The lowest BCUT2D eigenvalue weighted by Crippen LogP contribution is -2.29. The van der Waals surface area contributed by atoms with Gasteiger partial charge in [0.05, 0.1) is 23.3 Å². The molecule has 110 valence electrons. The number of rotatable bonds is 3. The average Bonchev–Trinajstić information content (AvgIpc) is 3.15. The number of likely N-dealkylation sites (tertiary alicyclic amines) is 1. The summed E-state index contributed by atoms with van der Waals surface area (Å²) in [6.45, 7) is 1.86. The van der Waals surface area contributed by atoms with Crippen LogP contribution >= 0.6 is 22.9 Å². The summed E-state index contributed by atoms with van der Waals surface area (Å²) in [5.41, 5.74) is 1.54. The number of amides is 2. The molecule has 3 rings (SSSR count). The van der Waals surface area contributed by atoms with Crippen LogP contribution < -0.4 is 5.32 Å². The molecule has 1 aliphatic rings. The first-order valence-electron chi connectivity index (χ1n) is 6.59. The summed E-state index contributed by atoms with van der Waals surface area (Å²) in [5, 5.41) is 6.68. The van der Waals surface area contributed by atoms with Gasteiger partial charge in [0, 0.05) is 23.7 Å². The van der Waals surface area contributed by atoms with Crippen LogP contribution in [0, 0.1) is 12.8 Å².